The van der Waals surface area contributed by atoms with Gasteiger partial charge in [0, 0.05) is 17.1 Å². The van der Waals surface area contributed by atoms with Crippen molar-refractivity contribution >= 4 is 17.2 Å². The number of benzene rings is 2. The SMILES string of the molecule is Cc1cc(C=O)ccc1-c1ccc2cccnc2c1. The van der Waals surface area contributed by atoms with Gasteiger partial charge >= 0.3 is 0 Å². The third-order valence-corrected chi connectivity index (χ3v) is 3.30. The number of rotatable bonds is 2. The Bertz CT molecular complexity index is 762. The van der Waals surface area contributed by atoms with E-state index in [1.54, 1.807) is 6.20 Å². The third kappa shape index (κ3) is 2.13. The van der Waals surface area contributed by atoms with Crippen molar-refractivity contribution in [1.82, 2.24) is 4.98 Å². The summed E-state index contributed by atoms with van der Waals surface area (Å²) in [5, 5.41) is 1.13. The number of aldehydes is 1. The first-order valence-electron chi connectivity index (χ1n) is 6.19. The first-order chi connectivity index (χ1) is 9.28. The maximum absolute atomic E-state index is 10.8. The summed E-state index contributed by atoms with van der Waals surface area (Å²) in [6.45, 7) is 2.02. The number of aromatic nitrogens is 1. The molecule has 0 unspecified atom stereocenters. The number of pyridine rings is 1. The van der Waals surface area contributed by atoms with Crippen molar-refractivity contribution in [2.75, 3.05) is 0 Å². The van der Waals surface area contributed by atoms with E-state index in [0.29, 0.717) is 5.56 Å². The zero-order chi connectivity index (χ0) is 13.2. The minimum Gasteiger partial charge on any atom is -0.298 e. The lowest BCUT2D eigenvalue weighted by atomic mass is 9.98. The van der Waals surface area contributed by atoms with Gasteiger partial charge in [0.05, 0.1) is 5.52 Å². The molecule has 0 spiro atoms. The highest BCUT2D eigenvalue weighted by Gasteiger charge is 2.04. The molecule has 1 heterocycles. The topological polar surface area (TPSA) is 30.0 Å². The Kier molecular flexibility index (Phi) is 2.84. The predicted molar refractivity (Wildman–Crippen MR) is 77.3 cm³/mol. The van der Waals surface area contributed by atoms with Gasteiger partial charge in [-0.2, -0.15) is 0 Å². The number of aryl methyl sites for hydroxylation is 1. The van der Waals surface area contributed by atoms with Crippen LogP contribution in [0.4, 0.5) is 0 Å². The quantitative estimate of drug-likeness (QED) is 0.640. The van der Waals surface area contributed by atoms with E-state index in [0.717, 1.165) is 33.9 Å². The van der Waals surface area contributed by atoms with Crippen molar-refractivity contribution in [2.45, 2.75) is 6.92 Å². The van der Waals surface area contributed by atoms with E-state index in [1.807, 2.05) is 31.2 Å². The second kappa shape index (κ2) is 4.65. The molecular formula is C17H13NO. The highest BCUT2D eigenvalue weighted by molar-refractivity contribution is 5.85. The molecule has 3 rings (SSSR count). The molecule has 0 bridgehead atoms. The van der Waals surface area contributed by atoms with Crippen molar-refractivity contribution < 1.29 is 4.79 Å². The smallest absolute Gasteiger partial charge is 0.150 e. The van der Waals surface area contributed by atoms with E-state index in [1.165, 1.54) is 0 Å². The minimum atomic E-state index is 0.708. The van der Waals surface area contributed by atoms with E-state index in [9.17, 15) is 4.79 Å². The summed E-state index contributed by atoms with van der Waals surface area (Å²) in [6.07, 6.45) is 2.67. The van der Waals surface area contributed by atoms with E-state index in [4.69, 9.17) is 0 Å². The molecule has 2 nitrogen and oxygen atoms in total. The molecule has 92 valence electrons. The van der Waals surface area contributed by atoms with Gasteiger partial charge in [0.25, 0.3) is 0 Å². The molecule has 0 radical (unpaired) electrons. The van der Waals surface area contributed by atoms with Crippen molar-refractivity contribution in [3.63, 3.8) is 0 Å². The molecule has 2 heteroatoms. The van der Waals surface area contributed by atoms with Gasteiger partial charge in [-0.25, -0.2) is 0 Å². The summed E-state index contributed by atoms with van der Waals surface area (Å²) >= 11 is 0. The zero-order valence-corrected chi connectivity index (χ0v) is 10.6. The first kappa shape index (κ1) is 11.6. The highest BCUT2D eigenvalue weighted by Crippen LogP contribution is 2.26. The molecule has 0 N–H and O–H groups in total. The summed E-state index contributed by atoms with van der Waals surface area (Å²) in [7, 11) is 0. The summed E-state index contributed by atoms with van der Waals surface area (Å²) < 4.78 is 0. The van der Waals surface area contributed by atoms with Crippen molar-refractivity contribution in [1.29, 1.82) is 0 Å². The zero-order valence-electron chi connectivity index (χ0n) is 10.6. The number of hydrogen-bond donors (Lipinski definition) is 0. The number of carbonyl (C=O) groups is 1. The Morgan fingerprint density at radius 1 is 1.05 bits per heavy atom. The third-order valence-electron chi connectivity index (χ3n) is 3.30. The second-order valence-corrected chi connectivity index (χ2v) is 4.60. The van der Waals surface area contributed by atoms with Crippen LogP contribution in [0.2, 0.25) is 0 Å². The van der Waals surface area contributed by atoms with Crippen LogP contribution in [0.25, 0.3) is 22.0 Å². The van der Waals surface area contributed by atoms with E-state index >= 15 is 0 Å². The molecule has 0 aliphatic rings. The van der Waals surface area contributed by atoms with Gasteiger partial charge in [0.2, 0.25) is 0 Å². The van der Waals surface area contributed by atoms with Crippen molar-refractivity contribution in [2.24, 2.45) is 0 Å². The summed E-state index contributed by atoms with van der Waals surface area (Å²) in [4.78, 5) is 15.1. The molecule has 19 heavy (non-hydrogen) atoms. The maximum atomic E-state index is 10.8. The van der Waals surface area contributed by atoms with Gasteiger partial charge < -0.3 is 0 Å². The molecule has 0 amide bonds. The fourth-order valence-electron chi connectivity index (χ4n) is 2.32. The normalized spacial score (nSPS) is 10.6. The average Bonchev–Trinajstić information content (AvgIpc) is 2.46. The van der Waals surface area contributed by atoms with Gasteiger partial charge in [-0.1, -0.05) is 30.3 Å². The van der Waals surface area contributed by atoms with E-state index < -0.39 is 0 Å². The van der Waals surface area contributed by atoms with Crippen LogP contribution in [0.5, 0.6) is 0 Å². The number of nitrogens with zero attached hydrogens (tertiary/aromatic N) is 1. The predicted octanol–water partition coefficient (Wildman–Crippen LogP) is 4.02. The lowest BCUT2D eigenvalue weighted by Crippen LogP contribution is -1.87. The molecular weight excluding hydrogens is 234 g/mol. The van der Waals surface area contributed by atoms with Crippen LogP contribution in [0, 0.1) is 6.92 Å². The molecule has 0 atom stereocenters. The Hall–Kier alpha value is -2.48. The Morgan fingerprint density at radius 3 is 2.74 bits per heavy atom. The molecule has 2 aromatic carbocycles. The van der Waals surface area contributed by atoms with Crippen LogP contribution < -0.4 is 0 Å². The lowest BCUT2D eigenvalue weighted by molar-refractivity contribution is 0.112. The number of carbonyl (C=O) groups excluding carboxylic acids is 1. The van der Waals surface area contributed by atoms with Gasteiger partial charge in [-0.15, -0.1) is 0 Å². The second-order valence-electron chi connectivity index (χ2n) is 4.60. The Labute approximate surface area is 111 Å². The fourth-order valence-corrected chi connectivity index (χ4v) is 2.32. The van der Waals surface area contributed by atoms with Gasteiger partial charge in [-0.3, -0.25) is 9.78 Å². The number of fused-ring (bicyclic) bond motifs is 1. The largest absolute Gasteiger partial charge is 0.298 e. The lowest BCUT2D eigenvalue weighted by Gasteiger charge is -2.07. The van der Waals surface area contributed by atoms with Gasteiger partial charge in [-0.05, 0) is 41.8 Å². The highest BCUT2D eigenvalue weighted by atomic mass is 16.1. The van der Waals surface area contributed by atoms with Crippen LogP contribution in [0.3, 0.4) is 0 Å². The monoisotopic (exact) mass is 247 g/mol. The Balaban J connectivity index is 2.16. The van der Waals surface area contributed by atoms with E-state index in [2.05, 4.69) is 29.2 Å². The summed E-state index contributed by atoms with van der Waals surface area (Å²) in [5.41, 5.74) is 5.05. The average molecular weight is 247 g/mol. The fraction of sp³-hybridized carbons (Fsp3) is 0.0588. The van der Waals surface area contributed by atoms with Crippen LogP contribution in [-0.4, -0.2) is 11.3 Å². The molecule has 0 saturated carbocycles. The summed E-state index contributed by atoms with van der Waals surface area (Å²) in [5.74, 6) is 0. The molecule has 0 aliphatic heterocycles. The van der Waals surface area contributed by atoms with Crippen LogP contribution in [-0.2, 0) is 0 Å². The molecule has 0 fully saturated rings. The molecule has 0 saturated heterocycles. The van der Waals surface area contributed by atoms with Gasteiger partial charge in [0.15, 0.2) is 0 Å². The molecule has 0 aliphatic carbocycles. The maximum Gasteiger partial charge on any atom is 0.150 e. The van der Waals surface area contributed by atoms with Crippen molar-refractivity contribution in [3.05, 3.63) is 65.9 Å². The number of hydrogen-bond acceptors (Lipinski definition) is 2. The van der Waals surface area contributed by atoms with Gasteiger partial charge in [0.1, 0.15) is 6.29 Å². The minimum absolute atomic E-state index is 0.708. The molecule has 3 aromatic rings. The first-order valence-corrected chi connectivity index (χ1v) is 6.19. The Morgan fingerprint density at radius 2 is 1.95 bits per heavy atom. The standard InChI is InChI=1S/C17H13NO/c1-12-9-13(11-19)4-7-16(12)15-6-5-14-3-2-8-18-17(14)10-15/h2-11H,1H3. The van der Waals surface area contributed by atoms with Crippen LogP contribution >= 0.6 is 0 Å². The summed E-state index contributed by atoms with van der Waals surface area (Å²) in [6, 6.07) is 16.0. The van der Waals surface area contributed by atoms with Crippen LogP contribution in [0.15, 0.2) is 54.7 Å². The van der Waals surface area contributed by atoms with Crippen LogP contribution in [0.1, 0.15) is 15.9 Å². The van der Waals surface area contributed by atoms with Crippen molar-refractivity contribution in [3.8, 4) is 11.1 Å². The van der Waals surface area contributed by atoms with E-state index in [-0.39, 0.29) is 0 Å². The molecule has 1 aromatic heterocycles.